The van der Waals surface area contributed by atoms with Gasteiger partial charge >= 0.3 is 0 Å². The maximum absolute atomic E-state index is 13.0. The second-order valence-electron chi connectivity index (χ2n) is 9.75. The van der Waals surface area contributed by atoms with E-state index < -0.39 is 0 Å². The van der Waals surface area contributed by atoms with Gasteiger partial charge in [-0.3, -0.25) is 4.79 Å². The Morgan fingerprint density at radius 3 is 2.64 bits per heavy atom. The minimum Gasteiger partial charge on any atom is -0.397 e. The van der Waals surface area contributed by atoms with Crippen molar-refractivity contribution in [1.82, 2.24) is 0 Å². The summed E-state index contributed by atoms with van der Waals surface area (Å²) in [5.74, 6) is 0.319. The van der Waals surface area contributed by atoms with Gasteiger partial charge in [-0.05, 0) is 91.8 Å². The molecule has 4 nitrogen and oxygen atoms in total. The number of aryl methyl sites for hydroxylation is 1. The fourth-order valence-electron chi connectivity index (χ4n) is 6.11. The molecule has 1 fully saturated rings. The van der Waals surface area contributed by atoms with Crippen molar-refractivity contribution >= 4 is 17.3 Å². The van der Waals surface area contributed by atoms with Gasteiger partial charge in [0.15, 0.2) is 0 Å². The second-order valence-corrected chi connectivity index (χ2v) is 9.75. The van der Waals surface area contributed by atoms with Crippen LogP contribution in [0.1, 0.15) is 59.2 Å². The first-order valence-corrected chi connectivity index (χ1v) is 12.1. The Morgan fingerprint density at radius 1 is 1.03 bits per heavy atom. The summed E-state index contributed by atoms with van der Waals surface area (Å²) in [4.78, 5) is 13.0. The lowest BCUT2D eigenvalue weighted by Crippen LogP contribution is -2.43. The van der Waals surface area contributed by atoms with E-state index in [2.05, 4.69) is 47.8 Å². The van der Waals surface area contributed by atoms with Crippen LogP contribution in [0.4, 0.5) is 11.4 Å². The van der Waals surface area contributed by atoms with Crippen molar-refractivity contribution in [1.29, 1.82) is 0 Å². The Kier molecular flexibility index (Phi) is 5.94. The molecule has 0 heterocycles. The molecule has 1 saturated carbocycles. The van der Waals surface area contributed by atoms with E-state index in [4.69, 9.17) is 5.73 Å². The van der Waals surface area contributed by atoms with Gasteiger partial charge in [-0.1, -0.05) is 48.5 Å². The predicted octanol–water partition coefficient (Wildman–Crippen LogP) is 5.50. The molecule has 3 aromatic rings. The van der Waals surface area contributed by atoms with Gasteiger partial charge in [0, 0.05) is 11.0 Å². The fraction of sp³-hybridized carbons (Fsp3) is 0.345. The highest BCUT2D eigenvalue weighted by Crippen LogP contribution is 2.51. The Morgan fingerprint density at radius 2 is 1.82 bits per heavy atom. The highest BCUT2D eigenvalue weighted by Gasteiger charge is 2.46. The van der Waals surface area contributed by atoms with Crippen LogP contribution in [0.25, 0.3) is 0 Å². The Bertz CT molecular complexity index is 1140. The first-order chi connectivity index (χ1) is 16.0. The van der Waals surface area contributed by atoms with E-state index in [0.29, 0.717) is 22.9 Å². The van der Waals surface area contributed by atoms with Crippen LogP contribution in [0.15, 0.2) is 72.8 Å². The van der Waals surface area contributed by atoms with Gasteiger partial charge in [0.2, 0.25) is 0 Å². The topological polar surface area (TPSA) is 75.3 Å². The molecule has 5 rings (SSSR count). The number of hydrogen-bond acceptors (Lipinski definition) is 3. The fourth-order valence-corrected chi connectivity index (χ4v) is 6.11. The maximum Gasteiger partial charge on any atom is 0.255 e. The van der Waals surface area contributed by atoms with Crippen LogP contribution in [0.5, 0.6) is 0 Å². The number of nitrogens with two attached hydrogens (primary N) is 1. The average Bonchev–Trinajstić information content (AvgIpc) is 2.97. The molecule has 4 N–H and O–H groups in total. The number of aliphatic hydroxyl groups excluding tert-OH is 1. The zero-order valence-electron chi connectivity index (χ0n) is 19.0. The number of nitrogens with one attached hydrogen (secondary N) is 1. The molecule has 3 atom stereocenters. The summed E-state index contributed by atoms with van der Waals surface area (Å²) in [6.07, 6.45) is 6.60. The Hall–Kier alpha value is -3.11. The van der Waals surface area contributed by atoms with Crippen LogP contribution in [-0.4, -0.2) is 17.1 Å². The van der Waals surface area contributed by atoms with Crippen molar-refractivity contribution in [2.75, 3.05) is 11.1 Å². The van der Waals surface area contributed by atoms with Crippen molar-refractivity contribution in [3.63, 3.8) is 0 Å². The molecule has 0 aliphatic heterocycles. The van der Waals surface area contributed by atoms with E-state index in [1.54, 1.807) is 6.07 Å². The summed E-state index contributed by atoms with van der Waals surface area (Å²) in [7, 11) is 0. The minimum absolute atomic E-state index is 0.00524. The Labute approximate surface area is 195 Å². The van der Waals surface area contributed by atoms with E-state index in [9.17, 15) is 9.90 Å². The number of para-hydroxylation sites is 2. The van der Waals surface area contributed by atoms with Gasteiger partial charge in [0.05, 0.1) is 17.5 Å². The molecule has 0 radical (unpaired) electrons. The summed E-state index contributed by atoms with van der Waals surface area (Å²) in [5, 5.41) is 13.4. The van der Waals surface area contributed by atoms with E-state index >= 15 is 0 Å². The zero-order valence-corrected chi connectivity index (χ0v) is 19.0. The molecule has 170 valence electrons. The summed E-state index contributed by atoms with van der Waals surface area (Å²) < 4.78 is 0. The van der Waals surface area contributed by atoms with Gasteiger partial charge in [-0.15, -0.1) is 0 Å². The number of aliphatic hydroxyl groups is 1. The standard InChI is InChI=1S/C29H32N2O2/c30-26-11-4-5-12-27(26)31-28(33)22-13-14-25-21(17-22)9-6-10-23-18-24(32)15-16-29(23,25)19-20-7-2-1-3-8-20/h1-5,7-8,11-14,17,23-24,32H,6,9-10,15-16,18-19,30H2,(H,31,33). The van der Waals surface area contributed by atoms with Gasteiger partial charge in [-0.25, -0.2) is 0 Å². The molecular formula is C29H32N2O2. The third-order valence-electron chi connectivity index (χ3n) is 7.74. The number of carbonyl (C=O) groups excluding carboxylic acids is 1. The summed E-state index contributed by atoms with van der Waals surface area (Å²) in [6.45, 7) is 0. The summed E-state index contributed by atoms with van der Waals surface area (Å²) in [5.41, 5.74) is 11.9. The van der Waals surface area contributed by atoms with E-state index in [1.165, 1.54) is 16.7 Å². The van der Waals surface area contributed by atoms with E-state index in [0.717, 1.165) is 44.9 Å². The molecule has 0 saturated heterocycles. The quantitative estimate of drug-likeness (QED) is 0.469. The normalized spacial score (nSPS) is 24.3. The number of fused-ring (bicyclic) bond motifs is 3. The third kappa shape index (κ3) is 4.28. The number of carbonyl (C=O) groups is 1. The van der Waals surface area contributed by atoms with Crippen molar-refractivity contribution in [2.24, 2.45) is 5.92 Å². The minimum atomic E-state index is -0.207. The molecule has 4 heteroatoms. The number of anilines is 2. The highest BCUT2D eigenvalue weighted by molar-refractivity contribution is 6.05. The lowest BCUT2D eigenvalue weighted by molar-refractivity contribution is 0.0468. The van der Waals surface area contributed by atoms with Gasteiger partial charge in [0.1, 0.15) is 0 Å². The van der Waals surface area contributed by atoms with E-state index in [1.807, 2.05) is 24.3 Å². The second kappa shape index (κ2) is 9.03. The first kappa shape index (κ1) is 21.7. The highest BCUT2D eigenvalue weighted by atomic mass is 16.3. The van der Waals surface area contributed by atoms with Crippen molar-refractivity contribution in [2.45, 2.75) is 56.5 Å². The maximum atomic E-state index is 13.0. The smallest absolute Gasteiger partial charge is 0.255 e. The molecule has 3 unspecified atom stereocenters. The van der Waals surface area contributed by atoms with Crippen molar-refractivity contribution in [3.05, 3.63) is 95.1 Å². The monoisotopic (exact) mass is 440 g/mol. The van der Waals surface area contributed by atoms with Crippen molar-refractivity contribution in [3.8, 4) is 0 Å². The molecule has 2 aliphatic rings. The Balaban J connectivity index is 1.51. The summed E-state index contributed by atoms with van der Waals surface area (Å²) >= 11 is 0. The largest absolute Gasteiger partial charge is 0.397 e. The zero-order chi connectivity index (χ0) is 22.8. The molecule has 0 bridgehead atoms. The third-order valence-corrected chi connectivity index (χ3v) is 7.74. The first-order valence-electron chi connectivity index (χ1n) is 12.1. The molecule has 1 amide bonds. The van der Waals surface area contributed by atoms with Gasteiger partial charge < -0.3 is 16.2 Å². The van der Waals surface area contributed by atoms with Crippen LogP contribution in [0.3, 0.4) is 0 Å². The van der Waals surface area contributed by atoms with Crippen LogP contribution in [0, 0.1) is 5.92 Å². The number of amides is 1. The van der Waals surface area contributed by atoms with Crippen molar-refractivity contribution < 1.29 is 9.90 Å². The van der Waals surface area contributed by atoms with Gasteiger partial charge in [0.25, 0.3) is 5.91 Å². The molecule has 0 spiro atoms. The number of hydrogen-bond donors (Lipinski definition) is 3. The van der Waals surface area contributed by atoms with Crippen LogP contribution < -0.4 is 11.1 Å². The molecule has 2 aliphatic carbocycles. The number of benzene rings is 3. The van der Waals surface area contributed by atoms with Crippen LogP contribution in [0.2, 0.25) is 0 Å². The van der Waals surface area contributed by atoms with Crippen LogP contribution in [-0.2, 0) is 18.3 Å². The molecular weight excluding hydrogens is 408 g/mol. The van der Waals surface area contributed by atoms with Gasteiger partial charge in [-0.2, -0.15) is 0 Å². The summed E-state index contributed by atoms with van der Waals surface area (Å²) in [6, 6.07) is 24.3. The molecule has 3 aromatic carbocycles. The average molecular weight is 441 g/mol. The lowest BCUT2D eigenvalue weighted by Gasteiger charge is -2.46. The molecule has 33 heavy (non-hydrogen) atoms. The molecule has 0 aromatic heterocycles. The predicted molar refractivity (Wildman–Crippen MR) is 133 cm³/mol. The SMILES string of the molecule is Nc1ccccc1NC(=O)c1ccc2c(c1)CCCC1CC(O)CCC21Cc1ccccc1. The van der Waals surface area contributed by atoms with Crippen LogP contribution >= 0.6 is 0 Å². The van der Waals surface area contributed by atoms with E-state index in [-0.39, 0.29) is 17.4 Å². The number of nitrogen functional groups attached to an aromatic ring is 1. The lowest BCUT2D eigenvalue weighted by atomic mass is 9.58. The number of rotatable bonds is 4.